The first kappa shape index (κ1) is 17.7. The lowest BCUT2D eigenvalue weighted by Crippen LogP contribution is -2.33. The fourth-order valence-electron chi connectivity index (χ4n) is 2.89. The molecule has 7 nitrogen and oxygen atoms in total. The smallest absolute Gasteiger partial charge is 0.265 e. The van der Waals surface area contributed by atoms with E-state index in [4.69, 9.17) is 16.1 Å². The largest absolute Gasteiger partial charge is 0.344 e. The molecular formula is C17H22ClN5O2. The molecule has 0 spiro atoms. The van der Waals surface area contributed by atoms with E-state index in [9.17, 15) is 4.79 Å². The van der Waals surface area contributed by atoms with Crippen LogP contribution in [-0.2, 0) is 4.79 Å². The van der Waals surface area contributed by atoms with Crippen molar-refractivity contribution >= 4 is 29.1 Å². The van der Waals surface area contributed by atoms with Crippen molar-refractivity contribution in [3.63, 3.8) is 0 Å². The number of benzene rings is 1. The number of nitrogens with zero attached hydrogens (tertiary/aromatic N) is 4. The van der Waals surface area contributed by atoms with E-state index in [2.05, 4.69) is 20.4 Å². The maximum atomic E-state index is 12.4. The summed E-state index contributed by atoms with van der Waals surface area (Å²) < 4.78 is 5.38. The average molecular weight is 364 g/mol. The van der Waals surface area contributed by atoms with Crippen LogP contribution < -0.4 is 10.2 Å². The molecule has 1 aliphatic heterocycles. The second-order valence-electron chi connectivity index (χ2n) is 6.47. The second kappa shape index (κ2) is 7.41. The first-order valence-electron chi connectivity index (χ1n) is 8.25. The minimum Gasteiger partial charge on any atom is -0.344 e. The summed E-state index contributed by atoms with van der Waals surface area (Å²) in [7, 11) is 3.72. The summed E-state index contributed by atoms with van der Waals surface area (Å²) in [6.07, 6.45) is 1.90. The number of anilines is 2. The molecule has 2 aromatic rings. The molecule has 0 saturated carbocycles. The van der Waals surface area contributed by atoms with Gasteiger partial charge in [0.05, 0.1) is 12.6 Å². The first-order valence-corrected chi connectivity index (χ1v) is 8.63. The molecule has 0 aliphatic carbocycles. The molecule has 3 rings (SSSR count). The van der Waals surface area contributed by atoms with Gasteiger partial charge in [0.1, 0.15) is 0 Å². The van der Waals surface area contributed by atoms with E-state index in [0.29, 0.717) is 22.5 Å². The van der Waals surface area contributed by atoms with Gasteiger partial charge < -0.3 is 14.7 Å². The fourth-order valence-corrected chi connectivity index (χ4v) is 3.08. The van der Waals surface area contributed by atoms with Crippen LogP contribution in [0.2, 0.25) is 5.02 Å². The van der Waals surface area contributed by atoms with Gasteiger partial charge in [-0.05, 0) is 49.2 Å². The number of aromatic nitrogens is 2. The lowest BCUT2D eigenvalue weighted by Gasteiger charge is -2.20. The van der Waals surface area contributed by atoms with E-state index in [1.807, 2.05) is 33.2 Å². The van der Waals surface area contributed by atoms with Gasteiger partial charge in [0, 0.05) is 24.8 Å². The fraction of sp³-hybridized carbons (Fsp3) is 0.471. The number of carbonyl (C=O) groups excluding carboxylic acids is 1. The van der Waals surface area contributed by atoms with Gasteiger partial charge >= 0.3 is 0 Å². The zero-order valence-electron chi connectivity index (χ0n) is 14.6. The molecule has 1 aliphatic rings. The Morgan fingerprint density at radius 3 is 2.96 bits per heavy atom. The van der Waals surface area contributed by atoms with E-state index < -0.39 is 0 Å². The van der Waals surface area contributed by atoms with Crippen LogP contribution in [0.1, 0.15) is 30.3 Å². The Morgan fingerprint density at radius 2 is 2.28 bits per heavy atom. The highest BCUT2D eigenvalue weighted by Crippen LogP contribution is 2.31. The standard InChI is InChI=1S/C17H22ClN5O2/c1-11-6-7-12(9-13(11)18)19-15(24)10-23-8-4-5-14(23)16-20-17(21-25-16)22(2)3/h6-7,9,14H,4-5,8,10H2,1-3H3,(H,19,24). The highest BCUT2D eigenvalue weighted by molar-refractivity contribution is 6.31. The van der Waals surface area contributed by atoms with Crippen LogP contribution in [0.15, 0.2) is 22.7 Å². The van der Waals surface area contributed by atoms with E-state index in [1.54, 1.807) is 11.0 Å². The van der Waals surface area contributed by atoms with E-state index in [-0.39, 0.29) is 18.5 Å². The maximum Gasteiger partial charge on any atom is 0.265 e. The minimum absolute atomic E-state index is 0.0199. The van der Waals surface area contributed by atoms with Crippen molar-refractivity contribution in [1.29, 1.82) is 0 Å². The van der Waals surface area contributed by atoms with Gasteiger partial charge in [-0.25, -0.2) is 0 Å². The van der Waals surface area contributed by atoms with Crippen molar-refractivity contribution in [2.75, 3.05) is 37.4 Å². The van der Waals surface area contributed by atoms with Crippen LogP contribution in [0.25, 0.3) is 0 Å². The molecule has 0 radical (unpaired) electrons. The normalized spacial score (nSPS) is 17.7. The minimum atomic E-state index is -0.0841. The highest BCUT2D eigenvalue weighted by atomic mass is 35.5. The number of nitrogens with one attached hydrogen (secondary N) is 1. The molecule has 134 valence electrons. The Hall–Kier alpha value is -2.12. The van der Waals surface area contributed by atoms with Gasteiger partial charge in [-0.2, -0.15) is 4.98 Å². The quantitative estimate of drug-likeness (QED) is 0.880. The van der Waals surface area contributed by atoms with Crippen molar-refractivity contribution in [1.82, 2.24) is 15.0 Å². The molecule has 1 saturated heterocycles. The summed E-state index contributed by atoms with van der Waals surface area (Å²) in [5, 5.41) is 7.49. The number of carbonyl (C=O) groups is 1. The molecule has 1 amide bonds. The third-order valence-corrected chi connectivity index (χ3v) is 4.69. The molecule has 25 heavy (non-hydrogen) atoms. The predicted octanol–water partition coefficient (Wildman–Crippen LogP) is 2.87. The van der Waals surface area contributed by atoms with E-state index in [0.717, 1.165) is 24.9 Å². The summed E-state index contributed by atoms with van der Waals surface area (Å²) in [5.41, 5.74) is 1.68. The van der Waals surface area contributed by atoms with Crippen LogP contribution in [0, 0.1) is 6.92 Å². The molecule has 1 N–H and O–H groups in total. The van der Waals surface area contributed by atoms with Crippen LogP contribution in [-0.4, -0.2) is 48.1 Å². The van der Waals surface area contributed by atoms with Crippen LogP contribution in [0.3, 0.4) is 0 Å². The van der Waals surface area contributed by atoms with Crippen LogP contribution in [0.4, 0.5) is 11.6 Å². The highest BCUT2D eigenvalue weighted by Gasteiger charge is 2.32. The van der Waals surface area contributed by atoms with Gasteiger partial charge in [0.25, 0.3) is 5.95 Å². The summed E-state index contributed by atoms with van der Waals surface area (Å²) in [5.74, 6) is 1.02. The molecule has 1 aromatic heterocycles. The number of rotatable bonds is 5. The van der Waals surface area contributed by atoms with E-state index >= 15 is 0 Å². The lowest BCUT2D eigenvalue weighted by atomic mass is 10.2. The molecule has 2 heterocycles. The molecule has 8 heteroatoms. The number of halogens is 1. The zero-order chi connectivity index (χ0) is 18.0. The van der Waals surface area contributed by atoms with Gasteiger partial charge in [-0.1, -0.05) is 17.7 Å². The topological polar surface area (TPSA) is 74.5 Å². The Labute approximate surface area is 151 Å². The number of aryl methyl sites for hydroxylation is 1. The summed E-state index contributed by atoms with van der Waals surface area (Å²) in [4.78, 5) is 20.7. The van der Waals surface area contributed by atoms with Crippen molar-refractivity contribution < 1.29 is 9.32 Å². The van der Waals surface area contributed by atoms with Crippen LogP contribution in [0.5, 0.6) is 0 Å². The third kappa shape index (κ3) is 4.11. The van der Waals surface area contributed by atoms with Crippen molar-refractivity contribution in [2.45, 2.75) is 25.8 Å². The number of hydrogen-bond acceptors (Lipinski definition) is 6. The summed E-state index contributed by atoms with van der Waals surface area (Å²) in [6, 6.07) is 5.48. The number of likely N-dealkylation sites (tertiary alicyclic amines) is 1. The Balaban J connectivity index is 1.64. The molecule has 1 unspecified atom stereocenters. The molecule has 0 bridgehead atoms. The molecule has 1 aromatic carbocycles. The van der Waals surface area contributed by atoms with Gasteiger partial charge in [-0.3, -0.25) is 9.69 Å². The van der Waals surface area contributed by atoms with Crippen molar-refractivity contribution in [2.24, 2.45) is 0 Å². The zero-order valence-corrected chi connectivity index (χ0v) is 15.4. The van der Waals surface area contributed by atoms with Crippen molar-refractivity contribution in [3.05, 3.63) is 34.7 Å². The third-order valence-electron chi connectivity index (χ3n) is 4.28. The number of amides is 1. The van der Waals surface area contributed by atoms with Gasteiger partial charge in [0.15, 0.2) is 0 Å². The predicted molar refractivity (Wildman–Crippen MR) is 97.0 cm³/mol. The summed E-state index contributed by atoms with van der Waals surface area (Å²) >= 11 is 6.11. The molecule has 1 fully saturated rings. The SMILES string of the molecule is Cc1ccc(NC(=O)CN2CCCC2c2nc(N(C)C)no2)cc1Cl. The molecular weight excluding hydrogens is 342 g/mol. The maximum absolute atomic E-state index is 12.4. The first-order chi connectivity index (χ1) is 11.9. The molecule has 1 atom stereocenters. The monoisotopic (exact) mass is 363 g/mol. The Morgan fingerprint density at radius 1 is 1.48 bits per heavy atom. The summed E-state index contributed by atoms with van der Waals surface area (Å²) in [6.45, 7) is 3.03. The van der Waals surface area contributed by atoms with Crippen molar-refractivity contribution in [3.8, 4) is 0 Å². The lowest BCUT2D eigenvalue weighted by molar-refractivity contribution is -0.117. The van der Waals surface area contributed by atoms with Gasteiger partial charge in [0.2, 0.25) is 11.8 Å². The Bertz CT molecular complexity index is 761. The van der Waals surface area contributed by atoms with Crippen LogP contribution >= 0.6 is 11.6 Å². The Kier molecular flexibility index (Phi) is 5.24. The van der Waals surface area contributed by atoms with E-state index in [1.165, 1.54) is 0 Å². The van der Waals surface area contributed by atoms with Gasteiger partial charge in [-0.15, -0.1) is 0 Å². The second-order valence-corrected chi connectivity index (χ2v) is 6.87. The number of hydrogen-bond donors (Lipinski definition) is 1. The average Bonchev–Trinajstić information content (AvgIpc) is 3.19.